The summed E-state index contributed by atoms with van der Waals surface area (Å²) in [5, 5.41) is 3.23. The summed E-state index contributed by atoms with van der Waals surface area (Å²) in [7, 11) is 0. The number of pyridine rings is 2. The lowest BCUT2D eigenvalue weighted by molar-refractivity contribution is 1.29. The van der Waals surface area contributed by atoms with Gasteiger partial charge in [-0.1, -0.05) is 18.2 Å². The highest BCUT2D eigenvalue weighted by Crippen LogP contribution is 2.26. The number of aromatic nitrogens is 2. The van der Waals surface area contributed by atoms with Crippen molar-refractivity contribution in [2.75, 3.05) is 11.1 Å². The van der Waals surface area contributed by atoms with E-state index in [1.54, 1.807) is 12.4 Å². The fourth-order valence-corrected chi connectivity index (χ4v) is 2.36. The minimum absolute atomic E-state index is 0.594. The van der Waals surface area contributed by atoms with E-state index in [1.807, 2.05) is 48.7 Å². The molecule has 0 radical (unpaired) electrons. The molecule has 1 aromatic carbocycles. The smallest absolute Gasteiger partial charge is 0.153 e. The normalized spacial score (nSPS) is 10.3. The Hall–Kier alpha value is -2.40. The van der Waals surface area contributed by atoms with E-state index in [0.29, 0.717) is 11.5 Å². The minimum Gasteiger partial charge on any atom is -0.396 e. The van der Waals surface area contributed by atoms with Crippen molar-refractivity contribution in [3.05, 3.63) is 65.5 Å². The van der Waals surface area contributed by atoms with Gasteiger partial charge in [0.15, 0.2) is 5.82 Å². The molecule has 3 rings (SSSR count). The Labute approximate surface area is 131 Å². The molecule has 0 aliphatic carbocycles. The van der Waals surface area contributed by atoms with E-state index in [9.17, 15) is 0 Å². The molecule has 2 aromatic heterocycles. The van der Waals surface area contributed by atoms with Gasteiger partial charge in [-0.2, -0.15) is 0 Å². The fraction of sp³-hybridized carbons (Fsp3) is 0. The van der Waals surface area contributed by atoms with E-state index in [2.05, 4.69) is 31.2 Å². The van der Waals surface area contributed by atoms with E-state index in [0.717, 1.165) is 21.3 Å². The number of hydrogen-bond donors (Lipinski definition) is 2. The maximum Gasteiger partial charge on any atom is 0.153 e. The molecule has 0 aliphatic rings. The van der Waals surface area contributed by atoms with Crippen LogP contribution in [0.4, 0.5) is 17.2 Å². The summed E-state index contributed by atoms with van der Waals surface area (Å²) in [6, 6.07) is 13.8. The number of anilines is 3. The van der Waals surface area contributed by atoms with Crippen molar-refractivity contribution in [2.24, 2.45) is 0 Å². The van der Waals surface area contributed by atoms with Gasteiger partial charge in [-0.05, 0) is 45.8 Å². The molecule has 2 heterocycles. The highest BCUT2D eigenvalue weighted by molar-refractivity contribution is 9.10. The standard InChI is InChI=1S/C16H13BrN4/c17-13-8-15(18)16(20-10-13)21-14-5-1-3-11(7-14)12-4-2-6-19-9-12/h1-10H,18H2,(H,20,21). The zero-order chi connectivity index (χ0) is 14.7. The Morgan fingerprint density at radius 2 is 1.86 bits per heavy atom. The van der Waals surface area contributed by atoms with Gasteiger partial charge in [-0.3, -0.25) is 4.98 Å². The first-order valence-corrected chi connectivity index (χ1v) is 7.20. The van der Waals surface area contributed by atoms with E-state index >= 15 is 0 Å². The molecule has 0 saturated carbocycles. The Morgan fingerprint density at radius 3 is 2.62 bits per heavy atom. The second-order valence-electron chi connectivity index (χ2n) is 4.54. The summed E-state index contributed by atoms with van der Waals surface area (Å²) >= 11 is 3.35. The second-order valence-corrected chi connectivity index (χ2v) is 5.45. The van der Waals surface area contributed by atoms with Crippen LogP contribution in [0.15, 0.2) is 65.5 Å². The van der Waals surface area contributed by atoms with Crippen LogP contribution < -0.4 is 11.1 Å². The SMILES string of the molecule is Nc1cc(Br)cnc1Nc1cccc(-c2cccnc2)c1. The van der Waals surface area contributed by atoms with Gasteiger partial charge in [0.05, 0.1) is 5.69 Å². The van der Waals surface area contributed by atoms with Gasteiger partial charge in [-0.25, -0.2) is 4.98 Å². The number of rotatable bonds is 3. The van der Waals surface area contributed by atoms with Crippen molar-refractivity contribution in [1.29, 1.82) is 0 Å². The number of nitrogens with two attached hydrogens (primary N) is 1. The first kappa shape index (κ1) is 13.6. The summed E-state index contributed by atoms with van der Waals surface area (Å²) in [4.78, 5) is 8.42. The molecular weight excluding hydrogens is 328 g/mol. The third kappa shape index (κ3) is 3.20. The predicted octanol–water partition coefficient (Wildman–Crippen LogP) is 4.23. The molecule has 4 nitrogen and oxygen atoms in total. The van der Waals surface area contributed by atoms with Crippen LogP contribution in [-0.2, 0) is 0 Å². The molecule has 104 valence electrons. The summed E-state index contributed by atoms with van der Waals surface area (Å²) in [6.45, 7) is 0. The van der Waals surface area contributed by atoms with Crippen LogP contribution in [0, 0.1) is 0 Å². The molecule has 0 fully saturated rings. The Morgan fingerprint density at radius 1 is 1.00 bits per heavy atom. The lowest BCUT2D eigenvalue weighted by Crippen LogP contribution is -1.99. The Balaban J connectivity index is 1.90. The van der Waals surface area contributed by atoms with Crippen LogP contribution in [0.2, 0.25) is 0 Å². The van der Waals surface area contributed by atoms with Crippen LogP contribution in [0.5, 0.6) is 0 Å². The molecule has 0 unspecified atom stereocenters. The van der Waals surface area contributed by atoms with E-state index in [4.69, 9.17) is 5.73 Å². The second kappa shape index (κ2) is 5.93. The summed E-state index contributed by atoms with van der Waals surface area (Å²) in [5.41, 5.74) is 9.63. The highest BCUT2D eigenvalue weighted by Gasteiger charge is 2.04. The highest BCUT2D eigenvalue weighted by atomic mass is 79.9. The summed E-state index contributed by atoms with van der Waals surface area (Å²) in [5.74, 6) is 0.640. The van der Waals surface area contributed by atoms with Crippen LogP contribution in [0.3, 0.4) is 0 Å². The topological polar surface area (TPSA) is 63.8 Å². The van der Waals surface area contributed by atoms with Gasteiger partial charge >= 0.3 is 0 Å². The molecule has 0 atom stereocenters. The van der Waals surface area contributed by atoms with Gasteiger partial charge < -0.3 is 11.1 Å². The van der Waals surface area contributed by atoms with Gasteiger partial charge in [0.1, 0.15) is 0 Å². The maximum atomic E-state index is 5.95. The first-order chi connectivity index (χ1) is 10.2. The lowest BCUT2D eigenvalue weighted by Gasteiger charge is -2.10. The molecule has 3 aromatic rings. The molecule has 0 aliphatic heterocycles. The van der Waals surface area contributed by atoms with Crippen LogP contribution in [0.25, 0.3) is 11.1 Å². The first-order valence-electron chi connectivity index (χ1n) is 6.41. The monoisotopic (exact) mass is 340 g/mol. The van der Waals surface area contributed by atoms with Gasteiger partial charge in [0.2, 0.25) is 0 Å². The quantitative estimate of drug-likeness (QED) is 0.748. The fourth-order valence-electron chi connectivity index (χ4n) is 2.01. The van der Waals surface area contributed by atoms with Gasteiger partial charge in [-0.15, -0.1) is 0 Å². The molecule has 3 N–H and O–H groups in total. The minimum atomic E-state index is 0.594. The van der Waals surface area contributed by atoms with Gasteiger partial charge in [0, 0.05) is 34.3 Å². The number of benzene rings is 1. The Bertz CT molecular complexity index is 759. The van der Waals surface area contributed by atoms with E-state index < -0.39 is 0 Å². The van der Waals surface area contributed by atoms with Crippen molar-refractivity contribution in [2.45, 2.75) is 0 Å². The largest absolute Gasteiger partial charge is 0.396 e. The zero-order valence-electron chi connectivity index (χ0n) is 11.1. The summed E-state index contributed by atoms with van der Waals surface area (Å²) < 4.78 is 0.856. The average molecular weight is 341 g/mol. The maximum absolute atomic E-state index is 5.95. The molecule has 0 saturated heterocycles. The molecule has 0 spiro atoms. The van der Waals surface area contributed by atoms with Crippen molar-refractivity contribution < 1.29 is 0 Å². The van der Waals surface area contributed by atoms with Crippen molar-refractivity contribution >= 4 is 33.1 Å². The molecule has 0 amide bonds. The third-order valence-electron chi connectivity index (χ3n) is 3.00. The number of nitrogen functional groups attached to an aromatic ring is 1. The van der Waals surface area contributed by atoms with Crippen LogP contribution in [-0.4, -0.2) is 9.97 Å². The number of hydrogen-bond acceptors (Lipinski definition) is 4. The Kier molecular flexibility index (Phi) is 3.83. The van der Waals surface area contributed by atoms with Crippen LogP contribution in [0.1, 0.15) is 0 Å². The average Bonchev–Trinajstić information content (AvgIpc) is 2.51. The lowest BCUT2D eigenvalue weighted by atomic mass is 10.1. The summed E-state index contributed by atoms with van der Waals surface area (Å²) in [6.07, 6.45) is 5.31. The van der Waals surface area contributed by atoms with Crippen molar-refractivity contribution in [1.82, 2.24) is 9.97 Å². The zero-order valence-corrected chi connectivity index (χ0v) is 12.7. The molecule has 0 bridgehead atoms. The number of halogens is 1. The van der Waals surface area contributed by atoms with E-state index in [-0.39, 0.29) is 0 Å². The van der Waals surface area contributed by atoms with E-state index in [1.165, 1.54) is 0 Å². The van der Waals surface area contributed by atoms with Crippen molar-refractivity contribution in [3.8, 4) is 11.1 Å². The third-order valence-corrected chi connectivity index (χ3v) is 3.44. The van der Waals surface area contributed by atoms with Crippen LogP contribution >= 0.6 is 15.9 Å². The molecule has 5 heteroatoms. The molecular formula is C16H13BrN4. The molecule has 21 heavy (non-hydrogen) atoms. The number of nitrogens with zero attached hydrogens (tertiary/aromatic N) is 2. The van der Waals surface area contributed by atoms with Gasteiger partial charge in [0.25, 0.3) is 0 Å². The van der Waals surface area contributed by atoms with Crippen molar-refractivity contribution in [3.63, 3.8) is 0 Å². The number of nitrogens with one attached hydrogen (secondary N) is 1. The predicted molar refractivity (Wildman–Crippen MR) is 89.3 cm³/mol.